The third kappa shape index (κ3) is 0.834. The number of urea groups is 1. The van der Waals surface area contributed by atoms with Crippen LogP contribution < -0.4 is 10.6 Å². The van der Waals surface area contributed by atoms with Crippen molar-refractivity contribution in [2.24, 2.45) is 0 Å². The van der Waals surface area contributed by atoms with Gasteiger partial charge in [-0.05, 0) is 18.2 Å². The van der Waals surface area contributed by atoms with E-state index in [4.69, 9.17) is 0 Å². The molecule has 4 heterocycles. The number of rotatable bonds is 0. The van der Waals surface area contributed by atoms with Gasteiger partial charge in [0, 0.05) is 12.7 Å². The van der Waals surface area contributed by atoms with Crippen LogP contribution in [0, 0.1) is 0 Å². The Labute approximate surface area is 96.9 Å². The standard InChI is InChI=1S/C11H10N4O2/c16-8-7-3-1-5-14(7)9-11(13-10(17)12-9)4-2-6-15(8)11/h1-5,9H,6H2,(H2,12,13,17)/t9-,11+/m0/s1. The fourth-order valence-electron chi connectivity index (χ4n) is 2.92. The Hall–Kier alpha value is -2.24. The van der Waals surface area contributed by atoms with E-state index >= 15 is 0 Å². The van der Waals surface area contributed by atoms with E-state index in [9.17, 15) is 9.59 Å². The van der Waals surface area contributed by atoms with E-state index in [1.165, 1.54) is 0 Å². The van der Waals surface area contributed by atoms with Crippen LogP contribution in [0.15, 0.2) is 30.5 Å². The minimum atomic E-state index is -0.736. The highest BCUT2D eigenvalue weighted by Crippen LogP contribution is 2.39. The zero-order chi connectivity index (χ0) is 11.6. The molecule has 0 unspecified atom stereocenters. The molecule has 17 heavy (non-hydrogen) atoms. The quantitative estimate of drug-likeness (QED) is 0.617. The lowest BCUT2D eigenvalue weighted by Crippen LogP contribution is -2.62. The highest BCUT2D eigenvalue weighted by Gasteiger charge is 2.57. The van der Waals surface area contributed by atoms with E-state index in [-0.39, 0.29) is 18.1 Å². The summed E-state index contributed by atoms with van der Waals surface area (Å²) in [6.07, 6.45) is 5.34. The number of amides is 3. The topological polar surface area (TPSA) is 66.4 Å². The van der Waals surface area contributed by atoms with Crippen LogP contribution in [0.2, 0.25) is 0 Å². The average molecular weight is 230 g/mol. The highest BCUT2D eigenvalue weighted by atomic mass is 16.2. The number of aromatic nitrogens is 1. The molecule has 4 rings (SSSR count). The van der Waals surface area contributed by atoms with Crippen LogP contribution >= 0.6 is 0 Å². The summed E-state index contributed by atoms with van der Waals surface area (Å²) in [5, 5.41) is 5.69. The number of nitrogens with zero attached hydrogens (tertiary/aromatic N) is 2. The second-order valence-corrected chi connectivity index (χ2v) is 4.45. The molecule has 3 aliphatic rings. The normalized spacial score (nSPS) is 32.9. The molecule has 1 spiro atoms. The average Bonchev–Trinajstić information content (AvgIpc) is 2.96. The molecule has 1 saturated heterocycles. The Kier molecular flexibility index (Phi) is 1.32. The smallest absolute Gasteiger partial charge is 0.318 e. The first-order valence-corrected chi connectivity index (χ1v) is 5.47. The van der Waals surface area contributed by atoms with Gasteiger partial charge in [-0.2, -0.15) is 0 Å². The van der Waals surface area contributed by atoms with Crippen LogP contribution in [0.25, 0.3) is 0 Å². The Morgan fingerprint density at radius 3 is 3.18 bits per heavy atom. The van der Waals surface area contributed by atoms with Gasteiger partial charge in [-0.1, -0.05) is 6.08 Å². The molecule has 0 bridgehead atoms. The van der Waals surface area contributed by atoms with Gasteiger partial charge in [-0.25, -0.2) is 4.79 Å². The molecule has 2 atom stereocenters. The van der Waals surface area contributed by atoms with Crippen molar-refractivity contribution >= 4 is 11.9 Å². The summed E-state index contributed by atoms with van der Waals surface area (Å²) in [4.78, 5) is 25.6. The SMILES string of the molecule is O=C1N[C@H]2n3cccc3C(=O)N3CC=C[C@]23N1. The van der Waals surface area contributed by atoms with Crippen molar-refractivity contribution in [3.8, 4) is 0 Å². The Bertz CT molecular complexity index is 576. The summed E-state index contributed by atoms with van der Waals surface area (Å²) < 4.78 is 1.81. The van der Waals surface area contributed by atoms with Crippen LogP contribution in [0.3, 0.4) is 0 Å². The zero-order valence-corrected chi connectivity index (χ0v) is 8.88. The number of fused-ring (bicyclic) bond motifs is 2. The van der Waals surface area contributed by atoms with Crippen LogP contribution in [0.4, 0.5) is 4.79 Å². The maximum atomic E-state index is 12.3. The molecule has 3 aliphatic heterocycles. The number of carbonyl (C=O) groups excluding carboxylic acids is 2. The summed E-state index contributed by atoms with van der Waals surface area (Å²) in [5.74, 6) is -0.0553. The maximum Gasteiger partial charge on any atom is 0.318 e. The molecule has 1 aromatic heterocycles. The molecule has 3 amide bonds. The number of hydrogen-bond donors (Lipinski definition) is 2. The molecule has 6 heteroatoms. The van der Waals surface area contributed by atoms with Crippen molar-refractivity contribution in [2.45, 2.75) is 11.8 Å². The maximum absolute atomic E-state index is 12.3. The van der Waals surface area contributed by atoms with Gasteiger partial charge in [0.2, 0.25) is 0 Å². The summed E-state index contributed by atoms with van der Waals surface area (Å²) >= 11 is 0. The van der Waals surface area contributed by atoms with Crippen LogP contribution in [0.1, 0.15) is 16.7 Å². The monoisotopic (exact) mass is 230 g/mol. The molecular weight excluding hydrogens is 220 g/mol. The van der Waals surface area contributed by atoms with E-state index in [0.717, 1.165) is 0 Å². The van der Waals surface area contributed by atoms with Crippen molar-refractivity contribution in [1.82, 2.24) is 20.1 Å². The van der Waals surface area contributed by atoms with Crippen molar-refractivity contribution in [2.75, 3.05) is 6.54 Å². The summed E-state index contributed by atoms with van der Waals surface area (Å²) in [5.41, 5.74) is -0.126. The highest BCUT2D eigenvalue weighted by molar-refractivity contribution is 5.96. The number of hydrogen-bond acceptors (Lipinski definition) is 2. The lowest BCUT2D eigenvalue weighted by Gasteiger charge is -2.42. The van der Waals surface area contributed by atoms with Crippen molar-refractivity contribution in [3.63, 3.8) is 0 Å². The van der Waals surface area contributed by atoms with E-state index in [1.807, 2.05) is 29.0 Å². The van der Waals surface area contributed by atoms with Crippen molar-refractivity contribution in [1.29, 1.82) is 0 Å². The molecule has 0 saturated carbocycles. The lowest BCUT2D eigenvalue weighted by atomic mass is 10.0. The van der Waals surface area contributed by atoms with E-state index in [0.29, 0.717) is 12.2 Å². The predicted octanol–water partition coefficient (Wildman–Crippen LogP) is 0.0214. The molecule has 0 aromatic carbocycles. The molecule has 1 aromatic rings. The molecule has 86 valence electrons. The molecule has 0 radical (unpaired) electrons. The Morgan fingerprint density at radius 1 is 1.41 bits per heavy atom. The van der Waals surface area contributed by atoms with Gasteiger partial charge in [0.25, 0.3) is 5.91 Å². The van der Waals surface area contributed by atoms with Crippen molar-refractivity contribution < 1.29 is 9.59 Å². The third-order valence-corrected chi connectivity index (χ3v) is 3.63. The third-order valence-electron chi connectivity index (χ3n) is 3.63. The number of nitrogens with one attached hydrogen (secondary N) is 2. The van der Waals surface area contributed by atoms with Crippen molar-refractivity contribution in [3.05, 3.63) is 36.2 Å². The summed E-state index contributed by atoms with van der Waals surface area (Å²) in [6, 6.07) is 3.34. The van der Waals surface area contributed by atoms with Gasteiger partial charge in [0.1, 0.15) is 5.69 Å². The fraction of sp³-hybridized carbons (Fsp3) is 0.273. The molecular formula is C11H10N4O2. The lowest BCUT2D eigenvalue weighted by molar-refractivity contribution is 0.0409. The van der Waals surface area contributed by atoms with Gasteiger partial charge in [-0.3, -0.25) is 4.79 Å². The van der Waals surface area contributed by atoms with Gasteiger partial charge in [0.15, 0.2) is 11.8 Å². The molecule has 2 N–H and O–H groups in total. The predicted molar refractivity (Wildman–Crippen MR) is 58.0 cm³/mol. The van der Waals surface area contributed by atoms with E-state index in [2.05, 4.69) is 10.6 Å². The van der Waals surface area contributed by atoms with E-state index < -0.39 is 5.66 Å². The van der Waals surface area contributed by atoms with Crippen LogP contribution in [0.5, 0.6) is 0 Å². The van der Waals surface area contributed by atoms with Gasteiger partial charge in [0.05, 0.1) is 0 Å². The Balaban J connectivity index is 1.99. The van der Waals surface area contributed by atoms with Gasteiger partial charge >= 0.3 is 6.03 Å². The van der Waals surface area contributed by atoms with E-state index in [1.54, 1.807) is 11.0 Å². The Morgan fingerprint density at radius 2 is 2.29 bits per heavy atom. The first-order chi connectivity index (χ1) is 8.22. The van der Waals surface area contributed by atoms with Gasteiger partial charge < -0.3 is 20.1 Å². The minimum absolute atomic E-state index is 0.0553. The van der Waals surface area contributed by atoms with Crippen LogP contribution in [-0.4, -0.2) is 33.6 Å². The number of carbonyl (C=O) groups is 2. The second kappa shape index (κ2) is 2.53. The minimum Gasteiger partial charge on any atom is -0.318 e. The summed E-state index contributed by atoms with van der Waals surface area (Å²) in [7, 11) is 0. The van der Waals surface area contributed by atoms with Crippen LogP contribution in [-0.2, 0) is 0 Å². The molecule has 1 fully saturated rings. The second-order valence-electron chi connectivity index (χ2n) is 4.45. The largest absolute Gasteiger partial charge is 0.318 e. The zero-order valence-electron chi connectivity index (χ0n) is 8.88. The van der Waals surface area contributed by atoms with Gasteiger partial charge in [-0.15, -0.1) is 0 Å². The summed E-state index contributed by atoms with van der Waals surface area (Å²) in [6.45, 7) is 0.530. The first-order valence-electron chi connectivity index (χ1n) is 5.47. The molecule has 6 nitrogen and oxygen atoms in total. The molecule has 0 aliphatic carbocycles. The fourth-order valence-corrected chi connectivity index (χ4v) is 2.92. The first kappa shape index (κ1) is 8.86.